The molecule has 0 bridgehead atoms. The van der Waals surface area contributed by atoms with Crippen molar-refractivity contribution in [1.29, 1.82) is 0 Å². The Kier molecular flexibility index (Phi) is 2.58. The monoisotopic (exact) mass is 156 g/mol. The van der Waals surface area contributed by atoms with E-state index >= 15 is 0 Å². The lowest BCUT2D eigenvalue weighted by molar-refractivity contribution is 0.0680. The van der Waals surface area contributed by atoms with Gasteiger partial charge >= 0.3 is 0 Å². The van der Waals surface area contributed by atoms with Gasteiger partial charge in [0.1, 0.15) is 0 Å². The molecule has 1 fully saturated rings. The standard InChI is InChI=1S/C10H20O/c1-4-6-8(3)10(11)7-9(10)5-2/h8-9,11H,4-7H2,1-3H3. The van der Waals surface area contributed by atoms with Crippen molar-refractivity contribution in [3.8, 4) is 0 Å². The van der Waals surface area contributed by atoms with E-state index in [0.29, 0.717) is 11.8 Å². The first kappa shape index (κ1) is 9.05. The van der Waals surface area contributed by atoms with E-state index in [-0.39, 0.29) is 5.60 Å². The smallest absolute Gasteiger partial charge is 0.0705 e. The molecule has 0 aromatic carbocycles. The zero-order valence-electron chi connectivity index (χ0n) is 7.93. The summed E-state index contributed by atoms with van der Waals surface area (Å²) >= 11 is 0. The van der Waals surface area contributed by atoms with Gasteiger partial charge in [0.25, 0.3) is 0 Å². The summed E-state index contributed by atoms with van der Waals surface area (Å²) in [6, 6.07) is 0. The highest BCUT2D eigenvalue weighted by molar-refractivity contribution is 5.05. The minimum absolute atomic E-state index is 0.273. The summed E-state index contributed by atoms with van der Waals surface area (Å²) in [5.74, 6) is 1.11. The maximum atomic E-state index is 9.99. The first-order valence-corrected chi connectivity index (χ1v) is 4.87. The number of rotatable bonds is 4. The average molecular weight is 156 g/mol. The van der Waals surface area contributed by atoms with Gasteiger partial charge < -0.3 is 5.11 Å². The zero-order chi connectivity index (χ0) is 8.48. The van der Waals surface area contributed by atoms with Crippen molar-refractivity contribution in [3.05, 3.63) is 0 Å². The molecule has 0 amide bonds. The summed E-state index contributed by atoms with van der Waals surface area (Å²) in [4.78, 5) is 0. The van der Waals surface area contributed by atoms with Crippen LogP contribution in [0.1, 0.15) is 46.5 Å². The lowest BCUT2D eigenvalue weighted by atomic mass is 9.95. The Morgan fingerprint density at radius 1 is 1.55 bits per heavy atom. The third-order valence-corrected chi connectivity index (χ3v) is 3.19. The molecule has 1 saturated carbocycles. The van der Waals surface area contributed by atoms with Crippen LogP contribution in [0.4, 0.5) is 0 Å². The summed E-state index contributed by atoms with van der Waals surface area (Å²) in [6.07, 6.45) is 4.56. The third-order valence-electron chi connectivity index (χ3n) is 3.19. The lowest BCUT2D eigenvalue weighted by Gasteiger charge is -2.18. The molecular formula is C10H20O. The van der Waals surface area contributed by atoms with Gasteiger partial charge in [-0.3, -0.25) is 0 Å². The lowest BCUT2D eigenvalue weighted by Crippen LogP contribution is -2.21. The number of hydrogen-bond donors (Lipinski definition) is 1. The minimum atomic E-state index is -0.273. The van der Waals surface area contributed by atoms with Gasteiger partial charge in [-0.1, -0.05) is 33.6 Å². The number of aliphatic hydroxyl groups is 1. The second-order valence-electron chi connectivity index (χ2n) is 3.99. The summed E-state index contributed by atoms with van der Waals surface area (Å²) < 4.78 is 0. The summed E-state index contributed by atoms with van der Waals surface area (Å²) in [5.41, 5.74) is -0.273. The first-order chi connectivity index (χ1) is 5.15. The molecule has 0 heterocycles. The predicted molar refractivity (Wildman–Crippen MR) is 47.4 cm³/mol. The van der Waals surface area contributed by atoms with Crippen LogP contribution in [0.2, 0.25) is 0 Å². The van der Waals surface area contributed by atoms with Gasteiger partial charge in [-0.2, -0.15) is 0 Å². The molecule has 66 valence electrons. The molecule has 1 N–H and O–H groups in total. The average Bonchev–Trinajstić information content (AvgIpc) is 2.64. The first-order valence-electron chi connectivity index (χ1n) is 4.87. The Bertz CT molecular complexity index is 133. The Labute approximate surface area is 69.8 Å². The van der Waals surface area contributed by atoms with Crippen molar-refractivity contribution in [3.63, 3.8) is 0 Å². The number of hydrogen-bond acceptors (Lipinski definition) is 1. The second-order valence-corrected chi connectivity index (χ2v) is 3.99. The molecular weight excluding hydrogens is 136 g/mol. The van der Waals surface area contributed by atoms with E-state index in [1.165, 1.54) is 12.8 Å². The van der Waals surface area contributed by atoms with Crippen LogP contribution in [-0.4, -0.2) is 10.7 Å². The topological polar surface area (TPSA) is 20.2 Å². The fraction of sp³-hybridized carbons (Fsp3) is 1.00. The van der Waals surface area contributed by atoms with E-state index in [2.05, 4.69) is 20.8 Å². The van der Waals surface area contributed by atoms with Gasteiger partial charge in [0.05, 0.1) is 5.60 Å². The van der Waals surface area contributed by atoms with Gasteiger partial charge in [-0.05, 0) is 24.7 Å². The minimum Gasteiger partial charge on any atom is -0.389 e. The zero-order valence-corrected chi connectivity index (χ0v) is 7.93. The molecule has 1 nitrogen and oxygen atoms in total. The van der Waals surface area contributed by atoms with Gasteiger partial charge in [-0.25, -0.2) is 0 Å². The van der Waals surface area contributed by atoms with Crippen molar-refractivity contribution < 1.29 is 5.11 Å². The second kappa shape index (κ2) is 3.14. The Morgan fingerprint density at radius 3 is 2.55 bits per heavy atom. The molecule has 0 aliphatic heterocycles. The molecule has 1 aliphatic carbocycles. The van der Waals surface area contributed by atoms with Crippen molar-refractivity contribution in [2.75, 3.05) is 0 Å². The Morgan fingerprint density at radius 2 is 2.18 bits per heavy atom. The maximum Gasteiger partial charge on any atom is 0.0705 e. The van der Waals surface area contributed by atoms with Crippen molar-refractivity contribution in [1.82, 2.24) is 0 Å². The highest BCUT2D eigenvalue weighted by atomic mass is 16.3. The third kappa shape index (κ3) is 1.58. The SMILES string of the molecule is CCCC(C)C1(O)CC1CC. The Balaban J connectivity index is 2.36. The molecule has 1 heteroatoms. The largest absolute Gasteiger partial charge is 0.389 e. The predicted octanol–water partition coefficient (Wildman–Crippen LogP) is 2.58. The fourth-order valence-electron chi connectivity index (χ4n) is 2.12. The summed E-state index contributed by atoms with van der Waals surface area (Å²) in [6.45, 7) is 6.53. The van der Waals surface area contributed by atoms with Crippen LogP contribution in [0, 0.1) is 11.8 Å². The van der Waals surface area contributed by atoms with Gasteiger partial charge in [-0.15, -0.1) is 0 Å². The summed E-state index contributed by atoms with van der Waals surface area (Å²) in [5, 5.41) is 9.99. The normalized spacial score (nSPS) is 38.7. The Hall–Kier alpha value is -0.0400. The van der Waals surface area contributed by atoms with Crippen molar-refractivity contribution >= 4 is 0 Å². The molecule has 0 aromatic rings. The highest BCUT2D eigenvalue weighted by Crippen LogP contribution is 2.51. The van der Waals surface area contributed by atoms with Crippen LogP contribution in [-0.2, 0) is 0 Å². The van der Waals surface area contributed by atoms with Crippen LogP contribution < -0.4 is 0 Å². The molecule has 1 rings (SSSR count). The van der Waals surface area contributed by atoms with Crippen LogP contribution in [0.25, 0.3) is 0 Å². The van der Waals surface area contributed by atoms with Crippen molar-refractivity contribution in [2.24, 2.45) is 11.8 Å². The fourth-order valence-corrected chi connectivity index (χ4v) is 2.12. The molecule has 0 saturated heterocycles. The van der Waals surface area contributed by atoms with E-state index in [9.17, 15) is 5.11 Å². The van der Waals surface area contributed by atoms with E-state index in [1.807, 2.05) is 0 Å². The molecule has 0 radical (unpaired) electrons. The molecule has 11 heavy (non-hydrogen) atoms. The van der Waals surface area contributed by atoms with Gasteiger partial charge in [0.2, 0.25) is 0 Å². The molecule has 3 atom stereocenters. The highest BCUT2D eigenvalue weighted by Gasteiger charge is 2.54. The van der Waals surface area contributed by atoms with E-state index in [4.69, 9.17) is 0 Å². The molecule has 0 spiro atoms. The van der Waals surface area contributed by atoms with Gasteiger partial charge in [0, 0.05) is 0 Å². The van der Waals surface area contributed by atoms with E-state index in [0.717, 1.165) is 12.8 Å². The van der Waals surface area contributed by atoms with Crippen LogP contribution in [0.3, 0.4) is 0 Å². The van der Waals surface area contributed by atoms with Crippen LogP contribution in [0.15, 0.2) is 0 Å². The van der Waals surface area contributed by atoms with Gasteiger partial charge in [0.15, 0.2) is 0 Å². The van der Waals surface area contributed by atoms with E-state index in [1.54, 1.807) is 0 Å². The molecule has 3 unspecified atom stereocenters. The van der Waals surface area contributed by atoms with Crippen LogP contribution in [0.5, 0.6) is 0 Å². The van der Waals surface area contributed by atoms with E-state index < -0.39 is 0 Å². The maximum absolute atomic E-state index is 9.99. The quantitative estimate of drug-likeness (QED) is 0.663. The molecule has 1 aliphatic rings. The molecule has 0 aromatic heterocycles. The van der Waals surface area contributed by atoms with Crippen LogP contribution >= 0.6 is 0 Å². The summed E-state index contributed by atoms with van der Waals surface area (Å²) in [7, 11) is 0. The van der Waals surface area contributed by atoms with Crippen molar-refractivity contribution in [2.45, 2.75) is 52.1 Å².